The normalized spacial score (nSPS) is 11.1. The van der Waals surface area contributed by atoms with Gasteiger partial charge in [-0.3, -0.25) is 9.10 Å². The fourth-order valence-electron chi connectivity index (χ4n) is 2.52. The van der Waals surface area contributed by atoms with Crippen molar-refractivity contribution in [3.05, 3.63) is 54.3 Å². The molecular weight excluding hydrogens is 383 g/mol. The molecule has 0 saturated heterocycles. The van der Waals surface area contributed by atoms with Gasteiger partial charge in [0.05, 0.1) is 17.2 Å². The van der Waals surface area contributed by atoms with Gasteiger partial charge in [0.2, 0.25) is 5.91 Å². The van der Waals surface area contributed by atoms with Crippen LogP contribution in [0.3, 0.4) is 0 Å². The summed E-state index contributed by atoms with van der Waals surface area (Å²) in [4.78, 5) is 12.3. The average molecular weight is 408 g/mol. The van der Waals surface area contributed by atoms with E-state index in [0.29, 0.717) is 18.9 Å². The Morgan fingerprint density at radius 3 is 2.29 bits per heavy atom. The van der Waals surface area contributed by atoms with Crippen LogP contribution in [0.5, 0.6) is 5.75 Å². The Balaban J connectivity index is 2.33. The Kier molecular flexibility index (Phi) is 7.80. The summed E-state index contributed by atoms with van der Waals surface area (Å²) in [5.41, 5.74) is 0.209. The predicted molar refractivity (Wildman–Crippen MR) is 106 cm³/mol. The summed E-state index contributed by atoms with van der Waals surface area (Å²) in [5.74, 6) is -0.367. The van der Waals surface area contributed by atoms with Gasteiger partial charge in [-0.05, 0) is 61.9 Å². The fraction of sp³-hybridized carbons (Fsp3) is 0.350. The Morgan fingerprint density at radius 2 is 1.71 bits per heavy atom. The largest absolute Gasteiger partial charge is 0.494 e. The zero-order valence-electron chi connectivity index (χ0n) is 16.0. The van der Waals surface area contributed by atoms with Crippen LogP contribution in [0.2, 0.25) is 0 Å². The van der Waals surface area contributed by atoms with E-state index in [1.165, 1.54) is 24.3 Å². The van der Waals surface area contributed by atoms with E-state index < -0.39 is 28.3 Å². The summed E-state index contributed by atoms with van der Waals surface area (Å²) in [7, 11) is -4.03. The third-order valence-corrected chi connectivity index (χ3v) is 5.77. The predicted octanol–water partition coefficient (Wildman–Crippen LogP) is 3.34. The number of rotatable bonds is 10. The molecule has 0 bridgehead atoms. The second kappa shape index (κ2) is 10.1. The van der Waals surface area contributed by atoms with Crippen LogP contribution in [0.25, 0.3) is 0 Å². The van der Waals surface area contributed by atoms with E-state index in [4.69, 9.17) is 4.74 Å². The Bertz CT molecular complexity index is 868. The van der Waals surface area contributed by atoms with Crippen LogP contribution in [-0.2, 0) is 14.8 Å². The minimum absolute atomic E-state index is 0.0154. The van der Waals surface area contributed by atoms with E-state index in [1.54, 1.807) is 12.1 Å². The van der Waals surface area contributed by atoms with E-state index in [9.17, 15) is 17.6 Å². The summed E-state index contributed by atoms with van der Waals surface area (Å²) in [6, 6.07) is 10.9. The van der Waals surface area contributed by atoms with Crippen LogP contribution in [0.1, 0.15) is 26.7 Å². The van der Waals surface area contributed by atoms with Gasteiger partial charge >= 0.3 is 0 Å². The Morgan fingerprint density at radius 1 is 1.07 bits per heavy atom. The quantitative estimate of drug-likeness (QED) is 0.612. The molecule has 0 saturated carbocycles. The van der Waals surface area contributed by atoms with Crippen molar-refractivity contribution in [2.75, 3.05) is 24.0 Å². The summed E-state index contributed by atoms with van der Waals surface area (Å²) in [6.45, 7) is 4.36. The first kappa shape index (κ1) is 21.7. The monoisotopic (exact) mass is 408 g/mol. The van der Waals surface area contributed by atoms with Crippen molar-refractivity contribution in [2.24, 2.45) is 0 Å². The van der Waals surface area contributed by atoms with Crippen LogP contribution in [0.15, 0.2) is 53.4 Å². The lowest BCUT2D eigenvalue weighted by atomic mass is 10.3. The average Bonchev–Trinajstić information content (AvgIpc) is 2.68. The molecule has 0 spiro atoms. The number of anilines is 1. The highest BCUT2D eigenvalue weighted by molar-refractivity contribution is 7.92. The van der Waals surface area contributed by atoms with Crippen molar-refractivity contribution in [1.82, 2.24) is 5.32 Å². The number of sulfonamides is 1. The Hall–Kier alpha value is -2.61. The topological polar surface area (TPSA) is 75.7 Å². The van der Waals surface area contributed by atoms with Crippen LogP contribution in [0.4, 0.5) is 10.1 Å². The van der Waals surface area contributed by atoms with Gasteiger partial charge in [0.25, 0.3) is 10.0 Å². The molecule has 6 nitrogen and oxygen atoms in total. The van der Waals surface area contributed by atoms with Crippen molar-refractivity contribution in [1.29, 1.82) is 0 Å². The number of hydrogen-bond acceptors (Lipinski definition) is 4. The van der Waals surface area contributed by atoms with E-state index in [2.05, 4.69) is 5.32 Å². The molecule has 0 radical (unpaired) electrons. The molecule has 0 heterocycles. The molecule has 0 aromatic heterocycles. The summed E-state index contributed by atoms with van der Waals surface area (Å²) >= 11 is 0. The number of hydrogen-bond donors (Lipinski definition) is 1. The number of halogens is 1. The number of benzene rings is 2. The highest BCUT2D eigenvalue weighted by atomic mass is 32.2. The van der Waals surface area contributed by atoms with Gasteiger partial charge in [-0.15, -0.1) is 0 Å². The minimum Gasteiger partial charge on any atom is -0.494 e. The number of unbranched alkanes of at least 4 members (excludes halogenated alkanes) is 1. The second-order valence-electron chi connectivity index (χ2n) is 6.10. The van der Waals surface area contributed by atoms with Crippen molar-refractivity contribution in [3.63, 3.8) is 0 Å². The molecule has 0 aliphatic heterocycles. The second-order valence-corrected chi connectivity index (χ2v) is 7.96. The minimum atomic E-state index is -4.03. The number of carbonyl (C=O) groups is 1. The summed E-state index contributed by atoms with van der Waals surface area (Å²) in [5, 5.41) is 2.71. The lowest BCUT2D eigenvalue weighted by molar-refractivity contribution is -0.119. The van der Waals surface area contributed by atoms with Crippen LogP contribution >= 0.6 is 0 Å². The molecule has 2 rings (SSSR count). The van der Waals surface area contributed by atoms with Crippen LogP contribution in [-0.4, -0.2) is 34.0 Å². The van der Waals surface area contributed by atoms with Gasteiger partial charge in [-0.25, -0.2) is 12.8 Å². The molecule has 0 unspecified atom stereocenters. The molecule has 0 aliphatic rings. The molecule has 1 N–H and O–H groups in total. The molecule has 2 aromatic rings. The zero-order valence-corrected chi connectivity index (χ0v) is 16.8. The van der Waals surface area contributed by atoms with Gasteiger partial charge in [-0.1, -0.05) is 13.3 Å². The Labute approximate surface area is 165 Å². The van der Waals surface area contributed by atoms with E-state index in [-0.39, 0.29) is 10.6 Å². The molecule has 2 aromatic carbocycles. The SMILES string of the molecule is CCCCNC(=O)CN(c1ccc(F)cc1)S(=O)(=O)c1ccc(OCC)cc1. The zero-order chi connectivity index (χ0) is 20.6. The van der Waals surface area contributed by atoms with Crippen LogP contribution in [0, 0.1) is 5.82 Å². The highest BCUT2D eigenvalue weighted by Gasteiger charge is 2.27. The number of ether oxygens (including phenoxy) is 1. The fourth-order valence-corrected chi connectivity index (χ4v) is 3.94. The molecule has 152 valence electrons. The number of amides is 1. The number of nitrogens with zero attached hydrogens (tertiary/aromatic N) is 1. The molecular formula is C20H25FN2O4S. The molecule has 28 heavy (non-hydrogen) atoms. The van der Waals surface area contributed by atoms with Gasteiger partial charge in [0.1, 0.15) is 18.1 Å². The smallest absolute Gasteiger partial charge is 0.264 e. The van der Waals surface area contributed by atoms with Crippen molar-refractivity contribution in [2.45, 2.75) is 31.6 Å². The summed E-state index contributed by atoms with van der Waals surface area (Å²) < 4.78 is 45.9. The third-order valence-electron chi connectivity index (χ3n) is 3.98. The lowest BCUT2D eigenvalue weighted by Crippen LogP contribution is -2.41. The van der Waals surface area contributed by atoms with E-state index in [0.717, 1.165) is 29.3 Å². The van der Waals surface area contributed by atoms with E-state index >= 15 is 0 Å². The standard InChI is InChI=1S/C20H25FN2O4S/c1-3-5-14-22-20(24)15-23(17-8-6-16(21)7-9-17)28(25,26)19-12-10-18(11-13-19)27-4-2/h6-13H,3-5,14-15H2,1-2H3,(H,22,24). The first-order valence-corrected chi connectivity index (χ1v) is 10.6. The molecule has 1 amide bonds. The molecule has 0 fully saturated rings. The maximum absolute atomic E-state index is 13.3. The molecule has 0 aliphatic carbocycles. The van der Waals surface area contributed by atoms with Gasteiger partial charge < -0.3 is 10.1 Å². The highest BCUT2D eigenvalue weighted by Crippen LogP contribution is 2.25. The summed E-state index contributed by atoms with van der Waals surface area (Å²) in [6.07, 6.45) is 1.71. The van der Waals surface area contributed by atoms with Gasteiger partial charge in [-0.2, -0.15) is 0 Å². The molecule has 0 atom stereocenters. The lowest BCUT2D eigenvalue weighted by Gasteiger charge is -2.24. The van der Waals surface area contributed by atoms with Crippen molar-refractivity contribution >= 4 is 21.6 Å². The number of nitrogens with one attached hydrogen (secondary N) is 1. The number of carbonyl (C=O) groups excluding carboxylic acids is 1. The maximum Gasteiger partial charge on any atom is 0.264 e. The first-order chi connectivity index (χ1) is 13.4. The molecule has 8 heteroatoms. The van der Waals surface area contributed by atoms with Crippen LogP contribution < -0.4 is 14.4 Å². The maximum atomic E-state index is 13.3. The van der Waals surface area contributed by atoms with Gasteiger partial charge in [0.15, 0.2) is 0 Å². The van der Waals surface area contributed by atoms with Gasteiger partial charge in [0, 0.05) is 6.54 Å². The van der Waals surface area contributed by atoms with Crippen molar-refractivity contribution in [3.8, 4) is 5.75 Å². The van der Waals surface area contributed by atoms with Crippen molar-refractivity contribution < 1.29 is 22.3 Å². The third kappa shape index (κ3) is 5.69. The first-order valence-electron chi connectivity index (χ1n) is 9.16. The van der Waals surface area contributed by atoms with E-state index in [1.807, 2.05) is 13.8 Å².